The van der Waals surface area contributed by atoms with Crippen LogP contribution in [0.1, 0.15) is 28.8 Å². The number of rotatable bonds is 7. The van der Waals surface area contributed by atoms with Gasteiger partial charge in [0, 0.05) is 24.1 Å². The van der Waals surface area contributed by atoms with Crippen molar-refractivity contribution in [3.8, 4) is 0 Å². The SMILES string of the molecule is O=C(O)COCCS(=O)(=O)c1cccc2c1CN(C1CCC(=O)NC1=O)C2=O. The molecule has 0 aromatic heterocycles. The van der Waals surface area contributed by atoms with Crippen molar-refractivity contribution in [3.05, 3.63) is 29.3 Å². The van der Waals surface area contributed by atoms with E-state index >= 15 is 0 Å². The van der Waals surface area contributed by atoms with Crippen LogP contribution >= 0.6 is 0 Å². The third kappa shape index (κ3) is 3.90. The van der Waals surface area contributed by atoms with Crippen LogP contribution in [0.5, 0.6) is 0 Å². The molecule has 11 heteroatoms. The Balaban J connectivity index is 1.81. The highest BCUT2D eigenvalue weighted by molar-refractivity contribution is 7.91. The molecule has 1 fully saturated rings. The van der Waals surface area contributed by atoms with Crippen LogP contribution in [0, 0.1) is 0 Å². The number of carbonyl (C=O) groups excluding carboxylic acids is 3. The number of hydrogen-bond acceptors (Lipinski definition) is 7. The molecular formula is C17H18N2O8S. The molecule has 0 bridgehead atoms. The molecule has 0 saturated carbocycles. The van der Waals surface area contributed by atoms with Gasteiger partial charge in [0.05, 0.1) is 17.3 Å². The van der Waals surface area contributed by atoms with E-state index in [2.05, 4.69) is 5.32 Å². The first-order chi connectivity index (χ1) is 13.2. The quantitative estimate of drug-likeness (QED) is 0.444. The van der Waals surface area contributed by atoms with Gasteiger partial charge >= 0.3 is 5.97 Å². The number of benzene rings is 1. The molecule has 150 valence electrons. The Hall–Kier alpha value is -2.79. The van der Waals surface area contributed by atoms with Gasteiger partial charge in [-0.2, -0.15) is 0 Å². The number of hydrogen-bond donors (Lipinski definition) is 2. The summed E-state index contributed by atoms with van der Waals surface area (Å²) in [6, 6.07) is 3.46. The first kappa shape index (κ1) is 20.0. The second-order valence-corrected chi connectivity index (χ2v) is 8.52. The van der Waals surface area contributed by atoms with E-state index in [0.29, 0.717) is 0 Å². The number of sulfone groups is 1. The highest BCUT2D eigenvalue weighted by atomic mass is 32.2. The van der Waals surface area contributed by atoms with Gasteiger partial charge in [-0.3, -0.25) is 19.7 Å². The Morgan fingerprint density at radius 1 is 1.29 bits per heavy atom. The van der Waals surface area contributed by atoms with Gasteiger partial charge in [-0.25, -0.2) is 13.2 Å². The average molecular weight is 410 g/mol. The minimum Gasteiger partial charge on any atom is -0.480 e. The van der Waals surface area contributed by atoms with Crippen molar-refractivity contribution in [1.82, 2.24) is 10.2 Å². The predicted molar refractivity (Wildman–Crippen MR) is 93.0 cm³/mol. The molecule has 0 spiro atoms. The summed E-state index contributed by atoms with van der Waals surface area (Å²) in [5.41, 5.74) is 0.479. The summed E-state index contributed by atoms with van der Waals surface area (Å²) >= 11 is 0. The highest BCUT2D eigenvalue weighted by Gasteiger charge is 2.40. The molecule has 2 N–H and O–H groups in total. The summed E-state index contributed by atoms with van der Waals surface area (Å²) < 4.78 is 30.1. The minimum absolute atomic E-state index is 0.0490. The Labute approximate surface area is 160 Å². The zero-order chi connectivity index (χ0) is 20.5. The van der Waals surface area contributed by atoms with Crippen molar-refractivity contribution in [2.75, 3.05) is 19.0 Å². The molecule has 3 amide bonds. The van der Waals surface area contributed by atoms with E-state index in [9.17, 15) is 27.6 Å². The monoisotopic (exact) mass is 410 g/mol. The summed E-state index contributed by atoms with van der Waals surface area (Å²) in [5.74, 6) is -3.10. The van der Waals surface area contributed by atoms with Crippen LogP contribution in [0.2, 0.25) is 0 Å². The number of imide groups is 1. The van der Waals surface area contributed by atoms with Gasteiger partial charge < -0.3 is 14.7 Å². The molecular weight excluding hydrogens is 392 g/mol. The lowest BCUT2D eigenvalue weighted by Crippen LogP contribution is -2.52. The summed E-state index contributed by atoms with van der Waals surface area (Å²) in [4.78, 5) is 47.8. The molecule has 0 radical (unpaired) electrons. The van der Waals surface area contributed by atoms with Crippen LogP contribution in [-0.2, 0) is 35.5 Å². The van der Waals surface area contributed by atoms with E-state index in [1.165, 1.54) is 23.1 Å². The van der Waals surface area contributed by atoms with Crippen molar-refractivity contribution in [3.63, 3.8) is 0 Å². The third-order valence-electron chi connectivity index (χ3n) is 4.60. The van der Waals surface area contributed by atoms with Crippen molar-refractivity contribution < 1.29 is 37.4 Å². The standard InChI is InChI=1S/C17H18N2O8S/c20-14-5-4-12(16(23)18-14)19-8-11-10(17(19)24)2-1-3-13(11)28(25,26)7-6-27-9-15(21)22/h1-3,12H,4-9H2,(H,21,22)(H,18,20,23). The van der Waals surface area contributed by atoms with Gasteiger partial charge in [0.1, 0.15) is 12.6 Å². The van der Waals surface area contributed by atoms with Gasteiger partial charge in [-0.1, -0.05) is 6.07 Å². The average Bonchev–Trinajstić information content (AvgIpc) is 2.95. The zero-order valence-corrected chi connectivity index (χ0v) is 15.5. The maximum absolute atomic E-state index is 12.7. The number of aliphatic carboxylic acids is 1. The first-order valence-corrected chi connectivity index (χ1v) is 10.1. The number of fused-ring (bicyclic) bond motifs is 1. The van der Waals surface area contributed by atoms with Gasteiger partial charge in [0.15, 0.2) is 9.84 Å². The van der Waals surface area contributed by atoms with E-state index < -0.39 is 51.9 Å². The fraction of sp³-hybridized carbons (Fsp3) is 0.412. The second-order valence-electron chi connectivity index (χ2n) is 6.45. The summed E-state index contributed by atoms with van der Waals surface area (Å²) in [6.45, 7) is -0.973. The predicted octanol–water partition coefficient (Wildman–Crippen LogP) is -0.677. The zero-order valence-electron chi connectivity index (χ0n) is 14.7. The second kappa shape index (κ2) is 7.68. The molecule has 1 aromatic carbocycles. The topological polar surface area (TPSA) is 147 Å². The van der Waals surface area contributed by atoms with E-state index in [4.69, 9.17) is 9.84 Å². The lowest BCUT2D eigenvalue weighted by Gasteiger charge is -2.29. The van der Waals surface area contributed by atoms with E-state index in [0.717, 1.165) is 0 Å². The Bertz CT molecular complexity index is 956. The molecule has 10 nitrogen and oxygen atoms in total. The molecule has 1 atom stereocenters. The molecule has 2 aliphatic heterocycles. The molecule has 2 aliphatic rings. The van der Waals surface area contributed by atoms with Crippen LogP contribution in [0.3, 0.4) is 0 Å². The number of carboxylic acid groups (broad SMARTS) is 1. The molecule has 28 heavy (non-hydrogen) atoms. The molecule has 1 aromatic rings. The largest absolute Gasteiger partial charge is 0.480 e. The number of carbonyl (C=O) groups is 4. The maximum Gasteiger partial charge on any atom is 0.329 e. The molecule has 1 unspecified atom stereocenters. The van der Waals surface area contributed by atoms with Gasteiger partial charge in [0.25, 0.3) is 5.91 Å². The van der Waals surface area contributed by atoms with E-state index in [1.807, 2.05) is 0 Å². The van der Waals surface area contributed by atoms with Gasteiger partial charge in [-0.05, 0) is 18.6 Å². The number of nitrogens with zero attached hydrogens (tertiary/aromatic N) is 1. The number of ether oxygens (including phenoxy) is 1. The highest BCUT2D eigenvalue weighted by Crippen LogP contribution is 2.32. The first-order valence-electron chi connectivity index (χ1n) is 8.49. The normalized spacial score (nSPS) is 19.5. The summed E-state index contributed by atoms with van der Waals surface area (Å²) in [7, 11) is -3.83. The Morgan fingerprint density at radius 3 is 2.71 bits per heavy atom. The van der Waals surface area contributed by atoms with Crippen LogP contribution in [0.15, 0.2) is 23.1 Å². The lowest BCUT2D eigenvalue weighted by molar-refractivity contribution is -0.142. The van der Waals surface area contributed by atoms with Crippen molar-refractivity contribution in [2.24, 2.45) is 0 Å². The van der Waals surface area contributed by atoms with Crippen molar-refractivity contribution in [2.45, 2.75) is 30.3 Å². The molecule has 0 aliphatic carbocycles. The molecule has 3 rings (SSSR count). The smallest absolute Gasteiger partial charge is 0.329 e. The van der Waals surface area contributed by atoms with Crippen LogP contribution in [0.25, 0.3) is 0 Å². The van der Waals surface area contributed by atoms with Gasteiger partial charge in [-0.15, -0.1) is 0 Å². The van der Waals surface area contributed by atoms with E-state index in [-0.39, 0.29) is 42.0 Å². The third-order valence-corrected chi connectivity index (χ3v) is 6.35. The number of amides is 3. The fourth-order valence-corrected chi connectivity index (χ4v) is 4.68. The summed E-state index contributed by atoms with van der Waals surface area (Å²) in [6.07, 6.45) is 0.276. The van der Waals surface area contributed by atoms with Crippen LogP contribution < -0.4 is 5.32 Å². The Morgan fingerprint density at radius 2 is 2.04 bits per heavy atom. The number of piperidine rings is 1. The Kier molecular flexibility index (Phi) is 5.47. The number of nitrogens with one attached hydrogen (secondary N) is 1. The minimum atomic E-state index is -3.83. The summed E-state index contributed by atoms with van der Waals surface area (Å²) in [5, 5.41) is 10.7. The lowest BCUT2D eigenvalue weighted by atomic mass is 10.0. The molecule has 2 heterocycles. The van der Waals surface area contributed by atoms with Crippen LogP contribution in [0.4, 0.5) is 0 Å². The van der Waals surface area contributed by atoms with Crippen molar-refractivity contribution >= 4 is 33.5 Å². The van der Waals surface area contributed by atoms with Gasteiger partial charge in [0.2, 0.25) is 11.8 Å². The van der Waals surface area contributed by atoms with Crippen molar-refractivity contribution in [1.29, 1.82) is 0 Å². The number of carboxylic acids is 1. The van der Waals surface area contributed by atoms with E-state index in [1.54, 1.807) is 0 Å². The molecule has 1 saturated heterocycles. The maximum atomic E-state index is 12.7. The van der Waals surface area contributed by atoms with Crippen LogP contribution in [-0.4, -0.2) is 67.1 Å². The fourth-order valence-electron chi connectivity index (χ4n) is 3.29.